The van der Waals surface area contributed by atoms with E-state index in [4.69, 9.17) is 21.1 Å². The summed E-state index contributed by atoms with van der Waals surface area (Å²) >= 11 is 6.00. The normalized spacial score (nSPS) is 11.0. The zero-order valence-corrected chi connectivity index (χ0v) is 17.4. The number of hydrogen-bond acceptors (Lipinski definition) is 4. The Bertz CT molecular complexity index is 1110. The quantitative estimate of drug-likeness (QED) is 0.495. The van der Waals surface area contributed by atoms with Gasteiger partial charge in [0, 0.05) is 0 Å². The molecule has 3 aromatic rings. The minimum Gasteiger partial charge on any atom is -0.497 e. The van der Waals surface area contributed by atoms with Crippen LogP contribution in [0.25, 0.3) is 6.08 Å². The number of carbonyl (C=O) groups excluding carboxylic acids is 1. The largest absolute Gasteiger partial charge is 0.497 e. The minimum atomic E-state index is -1.27. The fourth-order valence-corrected chi connectivity index (χ4v) is 2.96. The van der Waals surface area contributed by atoms with Gasteiger partial charge in [-0.2, -0.15) is 0 Å². The number of carboxylic acid groups (broad SMARTS) is 1. The summed E-state index contributed by atoms with van der Waals surface area (Å²) < 4.78 is 11.0. The molecule has 31 heavy (non-hydrogen) atoms. The molecule has 0 aliphatic carbocycles. The van der Waals surface area contributed by atoms with Gasteiger partial charge in [-0.05, 0) is 53.6 Å². The number of aliphatic carboxylic acids is 1. The maximum Gasteiger partial charge on any atom is 0.352 e. The smallest absolute Gasteiger partial charge is 0.352 e. The first kappa shape index (κ1) is 21.9. The van der Waals surface area contributed by atoms with E-state index in [0.717, 1.165) is 11.3 Å². The summed E-state index contributed by atoms with van der Waals surface area (Å²) in [4.78, 5) is 23.9. The third kappa shape index (κ3) is 6.10. The molecule has 0 spiro atoms. The Balaban J connectivity index is 1.68. The number of amides is 1. The van der Waals surface area contributed by atoms with Crippen LogP contribution in [0.3, 0.4) is 0 Å². The van der Waals surface area contributed by atoms with Crippen LogP contribution in [0.1, 0.15) is 21.5 Å². The molecule has 0 bridgehead atoms. The number of methoxy groups -OCH3 is 1. The molecule has 0 aliphatic heterocycles. The topological polar surface area (TPSA) is 84.9 Å². The van der Waals surface area contributed by atoms with Gasteiger partial charge in [0.25, 0.3) is 5.91 Å². The first-order chi connectivity index (χ1) is 15.0. The summed E-state index contributed by atoms with van der Waals surface area (Å²) in [7, 11) is 1.61. The van der Waals surface area contributed by atoms with E-state index in [1.54, 1.807) is 49.6 Å². The molecule has 0 unspecified atom stereocenters. The van der Waals surface area contributed by atoms with E-state index in [-0.39, 0.29) is 16.3 Å². The Labute approximate surface area is 184 Å². The van der Waals surface area contributed by atoms with Gasteiger partial charge in [-0.25, -0.2) is 4.79 Å². The molecule has 3 aromatic carbocycles. The summed E-state index contributed by atoms with van der Waals surface area (Å²) in [6.07, 6.45) is 1.36. The Morgan fingerprint density at radius 1 is 1.00 bits per heavy atom. The second-order valence-electron chi connectivity index (χ2n) is 6.51. The van der Waals surface area contributed by atoms with Crippen molar-refractivity contribution < 1.29 is 24.2 Å². The summed E-state index contributed by atoms with van der Waals surface area (Å²) in [6.45, 7) is 0.362. The van der Waals surface area contributed by atoms with Gasteiger partial charge in [-0.3, -0.25) is 4.79 Å². The van der Waals surface area contributed by atoms with E-state index in [1.807, 2.05) is 24.3 Å². The standard InChI is InChI=1S/C24H20ClNO5/c1-30-19-6-4-5-17(13-19)15-31-18-11-9-16(10-12-18)14-22(24(28)29)26-23(27)20-7-2-3-8-21(20)25/h2-14H,15H2,1H3,(H,26,27)(H,28,29). The van der Waals surface area contributed by atoms with Crippen LogP contribution >= 0.6 is 11.6 Å². The highest BCUT2D eigenvalue weighted by Gasteiger charge is 2.15. The lowest BCUT2D eigenvalue weighted by Crippen LogP contribution is -2.27. The van der Waals surface area contributed by atoms with Crippen LogP contribution in [0.15, 0.2) is 78.5 Å². The molecule has 0 saturated heterocycles. The third-order valence-electron chi connectivity index (χ3n) is 4.33. The van der Waals surface area contributed by atoms with Crippen molar-refractivity contribution >= 4 is 29.6 Å². The van der Waals surface area contributed by atoms with Gasteiger partial charge in [0.2, 0.25) is 0 Å². The number of halogens is 1. The van der Waals surface area contributed by atoms with Crippen molar-refractivity contribution in [2.45, 2.75) is 6.61 Å². The van der Waals surface area contributed by atoms with E-state index >= 15 is 0 Å². The molecule has 2 N–H and O–H groups in total. The van der Waals surface area contributed by atoms with Crippen molar-refractivity contribution in [2.24, 2.45) is 0 Å². The number of benzene rings is 3. The number of carboxylic acids is 1. The fourth-order valence-electron chi connectivity index (χ4n) is 2.74. The van der Waals surface area contributed by atoms with Crippen molar-refractivity contribution in [2.75, 3.05) is 7.11 Å². The molecule has 0 saturated carbocycles. The lowest BCUT2D eigenvalue weighted by Gasteiger charge is -2.09. The molecule has 0 atom stereocenters. The van der Waals surface area contributed by atoms with Gasteiger partial charge in [0.1, 0.15) is 23.8 Å². The Morgan fingerprint density at radius 3 is 2.42 bits per heavy atom. The van der Waals surface area contributed by atoms with Crippen LogP contribution in [0, 0.1) is 0 Å². The number of ether oxygens (including phenoxy) is 2. The Morgan fingerprint density at radius 2 is 1.74 bits per heavy atom. The monoisotopic (exact) mass is 437 g/mol. The molecule has 1 amide bonds. The summed E-state index contributed by atoms with van der Waals surface area (Å²) in [5, 5.41) is 12.1. The summed E-state index contributed by atoms with van der Waals surface area (Å²) in [6, 6.07) is 20.8. The number of nitrogens with one attached hydrogen (secondary N) is 1. The molecule has 0 radical (unpaired) electrons. The SMILES string of the molecule is COc1cccc(COc2ccc(C=C(NC(=O)c3ccccc3Cl)C(=O)O)cc2)c1. The van der Waals surface area contributed by atoms with E-state index in [9.17, 15) is 14.7 Å². The lowest BCUT2D eigenvalue weighted by atomic mass is 10.1. The number of hydrogen-bond donors (Lipinski definition) is 2. The van der Waals surface area contributed by atoms with Gasteiger partial charge in [-0.15, -0.1) is 0 Å². The van der Waals surface area contributed by atoms with Gasteiger partial charge < -0.3 is 19.9 Å². The average molecular weight is 438 g/mol. The first-order valence-corrected chi connectivity index (χ1v) is 9.70. The zero-order chi connectivity index (χ0) is 22.2. The summed E-state index contributed by atoms with van der Waals surface area (Å²) in [5.74, 6) is -0.491. The van der Waals surface area contributed by atoms with E-state index in [0.29, 0.717) is 17.9 Å². The predicted octanol–water partition coefficient (Wildman–Crippen LogP) is 4.78. The maximum absolute atomic E-state index is 12.4. The molecule has 0 aromatic heterocycles. The first-order valence-electron chi connectivity index (χ1n) is 9.33. The van der Waals surface area contributed by atoms with Crippen molar-refractivity contribution in [1.82, 2.24) is 5.32 Å². The fraction of sp³-hybridized carbons (Fsp3) is 0.0833. The van der Waals surface area contributed by atoms with E-state index in [2.05, 4.69) is 5.32 Å². The second kappa shape index (κ2) is 10.3. The van der Waals surface area contributed by atoms with Crippen LogP contribution in [-0.2, 0) is 11.4 Å². The molecular formula is C24H20ClNO5. The van der Waals surface area contributed by atoms with Crippen LogP contribution in [0.4, 0.5) is 0 Å². The minimum absolute atomic E-state index is 0.192. The average Bonchev–Trinajstić information content (AvgIpc) is 2.78. The molecule has 0 aliphatic rings. The van der Waals surface area contributed by atoms with Crippen molar-refractivity contribution in [3.8, 4) is 11.5 Å². The van der Waals surface area contributed by atoms with Crippen LogP contribution in [0.5, 0.6) is 11.5 Å². The molecule has 3 rings (SSSR count). The highest BCUT2D eigenvalue weighted by Crippen LogP contribution is 2.19. The van der Waals surface area contributed by atoms with Gasteiger partial charge >= 0.3 is 5.97 Å². The highest BCUT2D eigenvalue weighted by molar-refractivity contribution is 6.34. The molecular weight excluding hydrogens is 418 g/mol. The van der Waals surface area contributed by atoms with Crippen molar-refractivity contribution in [3.63, 3.8) is 0 Å². The Kier molecular flexibility index (Phi) is 7.30. The lowest BCUT2D eigenvalue weighted by molar-refractivity contribution is -0.132. The van der Waals surface area contributed by atoms with E-state index < -0.39 is 11.9 Å². The molecule has 0 fully saturated rings. The molecule has 158 valence electrons. The molecule has 7 heteroatoms. The summed E-state index contributed by atoms with van der Waals surface area (Å²) in [5.41, 5.74) is 1.47. The van der Waals surface area contributed by atoms with E-state index in [1.165, 1.54) is 12.1 Å². The third-order valence-corrected chi connectivity index (χ3v) is 4.66. The van der Waals surface area contributed by atoms with Crippen LogP contribution in [-0.4, -0.2) is 24.1 Å². The van der Waals surface area contributed by atoms with Crippen LogP contribution in [0.2, 0.25) is 5.02 Å². The van der Waals surface area contributed by atoms with Gasteiger partial charge in [0.15, 0.2) is 0 Å². The van der Waals surface area contributed by atoms with Crippen molar-refractivity contribution in [1.29, 1.82) is 0 Å². The predicted molar refractivity (Wildman–Crippen MR) is 118 cm³/mol. The van der Waals surface area contributed by atoms with Crippen molar-refractivity contribution in [3.05, 3.63) is 100 Å². The van der Waals surface area contributed by atoms with Crippen LogP contribution < -0.4 is 14.8 Å². The Hall–Kier alpha value is -3.77. The highest BCUT2D eigenvalue weighted by atomic mass is 35.5. The molecule has 6 nitrogen and oxygen atoms in total. The maximum atomic E-state index is 12.4. The number of carbonyl (C=O) groups is 2. The molecule has 0 heterocycles. The zero-order valence-electron chi connectivity index (χ0n) is 16.7. The number of rotatable bonds is 8. The van der Waals surface area contributed by atoms with Gasteiger partial charge in [0.05, 0.1) is 17.7 Å². The second-order valence-corrected chi connectivity index (χ2v) is 6.91. The van der Waals surface area contributed by atoms with Gasteiger partial charge in [-0.1, -0.05) is 48.0 Å².